The molecule has 2 aliphatic rings. The highest BCUT2D eigenvalue weighted by molar-refractivity contribution is 6.05. The molecule has 0 bridgehead atoms. The lowest BCUT2D eigenvalue weighted by Gasteiger charge is -2.17. The molecule has 0 amide bonds. The molecule has 1 saturated heterocycles. The van der Waals surface area contributed by atoms with Crippen LogP contribution in [-0.2, 0) is 19.1 Å². The molecular formula is C11H11O4. The van der Waals surface area contributed by atoms with Gasteiger partial charge in [0.2, 0.25) is 0 Å². The van der Waals surface area contributed by atoms with Crippen molar-refractivity contribution in [1.82, 2.24) is 0 Å². The average Bonchev–Trinajstić information content (AvgIpc) is 2.73. The van der Waals surface area contributed by atoms with E-state index in [-0.39, 0.29) is 18.7 Å². The van der Waals surface area contributed by atoms with Gasteiger partial charge in [0.25, 0.3) is 0 Å². The number of ether oxygens (including phenoxy) is 2. The largest absolute Gasteiger partial charge is 0.469 e. The van der Waals surface area contributed by atoms with Crippen LogP contribution in [-0.4, -0.2) is 25.0 Å². The van der Waals surface area contributed by atoms with Crippen LogP contribution in [0.25, 0.3) is 0 Å². The predicted octanol–water partition coefficient (Wildman–Crippen LogP) is 0.936. The number of carbonyl (C=O) groups excluding carboxylic acids is 2. The van der Waals surface area contributed by atoms with E-state index in [1.54, 1.807) is 19.1 Å². The Hall–Kier alpha value is -1.42. The summed E-state index contributed by atoms with van der Waals surface area (Å²) in [5.74, 6) is 0.969. The van der Waals surface area contributed by atoms with Gasteiger partial charge in [-0.3, -0.25) is 9.59 Å². The molecule has 1 atom stereocenters. The molecule has 15 heavy (non-hydrogen) atoms. The van der Waals surface area contributed by atoms with Crippen molar-refractivity contribution in [1.29, 1.82) is 0 Å². The molecule has 1 aliphatic heterocycles. The number of carbonyl (C=O) groups is 2. The summed E-state index contributed by atoms with van der Waals surface area (Å²) in [4.78, 5) is 22.4. The van der Waals surface area contributed by atoms with E-state index in [1.807, 2.05) is 0 Å². The minimum absolute atomic E-state index is 0.0604. The van der Waals surface area contributed by atoms with E-state index in [1.165, 1.54) is 0 Å². The minimum atomic E-state index is -0.307. The highest BCUT2D eigenvalue weighted by Gasteiger charge is 2.32. The third kappa shape index (κ3) is 1.72. The van der Waals surface area contributed by atoms with Gasteiger partial charge in [-0.25, -0.2) is 0 Å². The molecule has 2 rings (SSSR count). The molecule has 1 heterocycles. The maximum Gasteiger partial charge on any atom is 0.189 e. The fourth-order valence-corrected chi connectivity index (χ4v) is 1.61. The zero-order chi connectivity index (χ0) is 10.8. The SMILES string of the molecule is CCC(=O)[C]1C=C2OCOC2C=C1C=O. The Morgan fingerprint density at radius 3 is 3.13 bits per heavy atom. The van der Waals surface area contributed by atoms with Crippen LogP contribution in [0.5, 0.6) is 0 Å². The molecule has 1 unspecified atom stereocenters. The van der Waals surface area contributed by atoms with E-state index in [2.05, 4.69) is 0 Å². The second-order valence-corrected chi connectivity index (χ2v) is 3.33. The quantitative estimate of drug-likeness (QED) is 0.646. The Kier molecular flexibility index (Phi) is 2.68. The van der Waals surface area contributed by atoms with E-state index in [9.17, 15) is 9.59 Å². The summed E-state index contributed by atoms with van der Waals surface area (Å²) < 4.78 is 10.4. The molecule has 0 aromatic rings. The van der Waals surface area contributed by atoms with E-state index in [0.29, 0.717) is 30.0 Å². The van der Waals surface area contributed by atoms with Crippen molar-refractivity contribution in [2.24, 2.45) is 0 Å². The Labute approximate surface area is 87.5 Å². The second kappa shape index (κ2) is 3.98. The first-order valence-corrected chi connectivity index (χ1v) is 4.79. The number of aldehydes is 1. The van der Waals surface area contributed by atoms with Gasteiger partial charge in [0, 0.05) is 12.0 Å². The lowest BCUT2D eigenvalue weighted by Crippen LogP contribution is -2.20. The third-order valence-electron chi connectivity index (χ3n) is 2.43. The van der Waals surface area contributed by atoms with Gasteiger partial charge in [-0.1, -0.05) is 6.92 Å². The zero-order valence-corrected chi connectivity index (χ0v) is 8.36. The van der Waals surface area contributed by atoms with Crippen molar-refractivity contribution in [3.8, 4) is 0 Å². The highest BCUT2D eigenvalue weighted by Crippen LogP contribution is 2.31. The van der Waals surface area contributed by atoms with Crippen LogP contribution in [0.15, 0.2) is 23.5 Å². The number of rotatable bonds is 3. The molecule has 0 N–H and O–H groups in total. The highest BCUT2D eigenvalue weighted by atomic mass is 16.7. The van der Waals surface area contributed by atoms with Crippen molar-refractivity contribution >= 4 is 12.1 Å². The lowest BCUT2D eigenvalue weighted by molar-refractivity contribution is -0.117. The van der Waals surface area contributed by atoms with E-state index < -0.39 is 0 Å². The zero-order valence-electron chi connectivity index (χ0n) is 8.36. The van der Waals surface area contributed by atoms with Gasteiger partial charge < -0.3 is 9.47 Å². The minimum Gasteiger partial charge on any atom is -0.469 e. The van der Waals surface area contributed by atoms with Crippen molar-refractivity contribution in [2.45, 2.75) is 19.4 Å². The maximum absolute atomic E-state index is 11.5. The van der Waals surface area contributed by atoms with Gasteiger partial charge in [0.05, 0.1) is 5.92 Å². The Morgan fingerprint density at radius 1 is 1.67 bits per heavy atom. The van der Waals surface area contributed by atoms with Gasteiger partial charge in [-0.15, -0.1) is 0 Å². The van der Waals surface area contributed by atoms with E-state index in [4.69, 9.17) is 9.47 Å². The van der Waals surface area contributed by atoms with Gasteiger partial charge in [0.1, 0.15) is 23.9 Å². The van der Waals surface area contributed by atoms with Gasteiger partial charge in [-0.05, 0) is 12.2 Å². The number of fused-ring (bicyclic) bond motifs is 1. The standard InChI is InChI=1S/C11H11O4/c1-2-9(13)8-4-11-10(14-6-15-11)3-7(8)5-12/h3-5,10H,2,6H2,1H3. The average molecular weight is 207 g/mol. The van der Waals surface area contributed by atoms with Crippen LogP contribution in [0.1, 0.15) is 13.3 Å². The first kappa shape index (κ1) is 10.1. The fraction of sp³-hybridized carbons (Fsp3) is 0.364. The number of ketones is 1. The Balaban J connectivity index is 2.29. The van der Waals surface area contributed by atoms with Crippen LogP contribution >= 0.6 is 0 Å². The smallest absolute Gasteiger partial charge is 0.189 e. The lowest BCUT2D eigenvalue weighted by atomic mass is 9.88. The predicted molar refractivity (Wildman–Crippen MR) is 51.6 cm³/mol. The van der Waals surface area contributed by atoms with Crippen molar-refractivity contribution in [3.05, 3.63) is 29.4 Å². The van der Waals surface area contributed by atoms with Crippen molar-refractivity contribution in [3.63, 3.8) is 0 Å². The molecule has 0 aromatic carbocycles. The van der Waals surface area contributed by atoms with E-state index >= 15 is 0 Å². The van der Waals surface area contributed by atoms with Crippen molar-refractivity contribution in [2.75, 3.05) is 6.79 Å². The molecule has 0 spiro atoms. The van der Waals surface area contributed by atoms with Crippen LogP contribution in [0.4, 0.5) is 0 Å². The number of Topliss-reactive ketones (excluding diaryl/α,β-unsaturated/α-hetero) is 1. The van der Waals surface area contributed by atoms with Crippen molar-refractivity contribution < 1.29 is 19.1 Å². The molecular weight excluding hydrogens is 196 g/mol. The van der Waals surface area contributed by atoms with Gasteiger partial charge >= 0.3 is 0 Å². The molecule has 1 radical (unpaired) electrons. The molecule has 4 heteroatoms. The monoisotopic (exact) mass is 207 g/mol. The van der Waals surface area contributed by atoms with E-state index in [0.717, 1.165) is 0 Å². The summed E-state index contributed by atoms with van der Waals surface area (Å²) in [6, 6.07) is 0. The number of hydrogen-bond acceptors (Lipinski definition) is 4. The van der Waals surface area contributed by atoms with Crippen LogP contribution in [0.3, 0.4) is 0 Å². The summed E-state index contributed by atoms with van der Waals surface area (Å²) in [7, 11) is 0. The molecule has 1 fully saturated rings. The summed E-state index contributed by atoms with van der Waals surface area (Å²) in [5.41, 5.74) is 0.390. The summed E-state index contributed by atoms with van der Waals surface area (Å²) in [5, 5.41) is 0. The summed E-state index contributed by atoms with van der Waals surface area (Å²) in [6.45, 7) is 1.93. The van der Waals surface area contributed by atoms with Gasteiger partial charge in [0.15, 0.2) is 6.79 Å². The first-order valence-electron chi connectivity index (χ1n) is 4.79. The molecule has 4 nitrogen and oxygen atoms in total. The summed E-state index contributed by atoms with van der Waals surface area (Å²) in [6.07, 6.45) is 3.97. The van der Waals surface area contributed by atoms with Crippen LogP contribution in [0.2, 0.25) is 0 Å². The Morgan fingerprint density at radius 2 is 2.47 bits per heavy atom. The molecule has 1 aliphatic carbocycles. The second-order valence-electron chi connectivity index (χ2n) is 3.33. The van der Waals surface area contributed by atoms with Crippen LogP contribution in [0, 0.1) is 5.92 Å². The summed E-state index contributed by atoms with van der Waals surface area (Å²) >= 11 is 0. The van der Waals surface area contributed by atoms with Crippen LogP contribution < -0.4 is 0 Å². The number of hydrogen-bond donors (Lipinski definition) is 0. The molecule has 79 valence electrons. The van der Waals surface area contributed by atoms with Gasteiger partial charge in [-0.2, -0.15) is 0 Å². The molecule has 0 saturated carbocycles. The maximum atomic E-state index is 11.5. The topological polar surface area (TPSA) is 52.6 Å². The normalized spacial score (nSPS) is 25.0. The fourth-order valence-electron chi connectivity index (χ4n) is 1.61. The molecule has 0 aromatic heterocycles. The number of allylic oxidation sites excluding steroid dienone is 2. The first-order chi connectivity index (χ1) is 7.26. The third-order valence-corrected chi connectivity index (χ3v) is 2.43. The Bertz CT molecular complexity index is 354.